The molecule has 0 spiro atoms. The first-order valence-corrected chi connectivity index (χ1v) is 7.75. The van der Waals surface area contributed by atoms with Crippen LogP contribution < -0.4 is 0 Å². The van der Waals surface area contributed by atoms with E-state index in [9.17, 15) is 5.11 Å². The van der Waals surface area contributed by atoms with Crippen molar-refractivity contribution < 1.29 is 5.11 Å². The molecule has 1 nitrogen and oxygen atoms in total. The second kappa shape index (κ2) is 4.62. The predicted molar refractivity (Wildman–Crippen MR) is 88.8 cm³/mol. The second-order valence-corrected chi connectivity index (χ2v) is 7.55. The molecule has 1 aliphatic rings. The van der Waals surface area contributed by atoms with Gasteiger partial charge in [-0.2, -0.15) is 0 Å². The summed E-state index contributed by atoms with van der Waals surface area (Å²) in [7, 11) is 0. The molecule has 3 rings (SSSR count). The zero-order valence-electron chi connectivity index (χ0n) is 13.4. The van der Waals surface area contributed by atoms with Gasteiger partial charge in [0.2, 0.25) is 0 Å². The van der Waals surface area contributed by atoms with Crippen LogP contribution in [0.1, 0.15) is 51.7 Å². The van der Waals surface area contributed by atoms with E-state index in [1.165, 1.54) is 5.56 Å². The Morgan fingerprint density at radius 3 is 2.10 bits per heavy atom. The molecule has 0 amide bonds. The van der Waals surface area contributed by atoms with E-state index in [0.717, 1.165) is 29.5 Å². The van der Waals surface area contributed by atoms with Crippen molar-refractivity contribution >= 4 is 0 Å². The fraction of sp³-hybridized carbons (Fsp3) is 0.400. The van der Waals surface area contributed by atoms with Crippen LogP contribution in [0, 0.1) is 0 Å². The van der Waals surface area contributed by atoms with E-state index in [1.807, 2.05) is 24.3 Å². The standard InChI is InChI=1S/C20H24O/c1-19(2)10-11-20(3,4)18-16(19)12-15(13-17(18)21)14-8-6-5-7-9-14/h5-9,12-13,21H,10-11H2,1-4H3. The maximum atomic E-state index is 10.7. The molecule has 0 bridgehead atoms. The summed E-state index contributed by atoms with van der Waals surface area (Å²) in [4.78, 5) is 0. The lowest BCUT2D eigenvalue weighted by atomic mass is 9.62. The fourth-order valence-electron chi connectivity index (χ4n) is 3.55. The van der Waals surface area contributed by atoms with Crippen LogP contribution in [0.3, 0.4) is 0 Å². The third kappa shape index (κ3) is 2.35. The summed E-state index contributed by atoms with van der Waals surface area (Å²) < 4.78 is 0. The molecule has 1 N–H and O–H groups in total. The summed E-state index contributed by atoms with van der Waals surface area (Å²) in [6.45, 7) is 9.05. The topological polar surface area (TPSA) is 20.2 Å². The molecule has 0 atom stereocenters. The van der Waals surface area contributed by atoms with Crippen LogP contribution in [0.15, 0.2) is 42.5 Å². The summed E-state index contributed by atoms with van der Waals surface area (Å²) in [6.07, 6.45) is 2.27. The van der Waals surface area contributed by atoms with Gasteiger partial charge in [0.05, 0.1) is 0 Å². The average Bonchev–Trinajstić information content (AvgIpc) is 2.44. The van der Waals surface area contributed by atoms with Crippen LogP contribution in [0.4, 0.5) is 0 Å². The monoisotopic (exact) mass is 280 g/mol. The quantitative estimate of drug-likeness (QED) is 0.740. The Labute approximate surface area is 127 Å². The van der Waals surface area contributed by atoms with Crippen molar-refractivity contribution in [1.29, 1.82) is 0 Å². The molecule has 1 heteroatoms. The van der Waals surface area contributed by atoms with Crippen molar-refractivity contribution in [2.75, 3.05) is 0 Å². The second-order valence-electron chi connectivity index (χ2n) is 7.55. The number of phenols is 1. The zero-order chi connectivity index (χ0) is 15.3. The molecule has 0 radical (unpaired) electrons. The summed E-state index contributed by atoms with van der Waals surface area (Å²) in [6, 6.07) is 14.5. The predicted octanol–water partition coefficient (Wildman–Crippen LogP) is 5.41. The number of benzene rings is 2. The first kappa shape index (κ1) is 14.2. The molecule has 2 aromatic rings. The summed E-state index contributed by atoms with van der Waals surface area (Å²) in [5, 5.41) is 10.7. The van der Waals surface area contributed by atoms with Crippen LogP contribution >= 0.6 is 0 Å². The largest absolute Gasteiger partial charge is 0.508 e. The van der Waals surface area contributed by atoms with Gasteiger partial charge in [-0.3, -0.25) is 0 Å². The Hall–Kier alpha value is -1.76. The van der Waals surface area contributed by atoms with E-state index < -0.39 is 0 Å². The molecule has 0 aliphatic heterocycles. The van der Waals surface area contributed by atoms with E-state index in [4.69, 9.17) is 0 Å². The Bertz CT molecular complexity index is 666. The molecule has 0 unspecified atom stereocenters. The number of fused-ring (bicyclic) bond motifs is 1. The lowest BCUT2D eigenvalue weighted by molar-refractivity contribution is 0.318. The molecule has 2 aromatic carbocycles. The minimum atomic E-state index is 0.0458. The van der Waals surface area contributed by atoms with Gasteiger partial charge in [-0.25, -0.2) is 0 Å². The molecule has 0 aromatic heterocycles. The molecule has 110 valence electrons. The zero-order valence-corrected chi connectivity index (χ0v) is 13.4. The third-order valence-electron chi connectivity index (χ3n) is 5.01. The lowest BCUT2D eigenvalue weighted by Crippen LogP contribution is -2.33. The summed E-state index contributed by atoms with van der Waals surface area (Å²) >= 11 is 0. The molecular formula is C20H24O. The average molecular weight is 280 g/mol. The minimum absolute atomic E-state index is 0.0458. The highest BCUT2D eigenvalue weighted by Crippen LogP contribution is 2.50. The number of aromatic hydroxyl groups is 1. The first-order chi connectivity index (χ1) is 9.81. The van der Waals surface area contributed by atoms with E-state index >= 15 is 0 Å². The molecule has 0 fully saturated rings. The summed E-state index contributed by atoms with van der Waals surface area (Å²) in [5.74, 6) is 0.448. The number of hydrogen-bond acceptors (Lipinski definition) is 1. The van der Waals surface area contributed by atoms with Gasteiger partial charge in [-0.15, -0.1) is 0 Å². The fourth-order valence-corrected chi connectivity index (χ4v) is 3.55. The molecule has 0 saturated heterocycles. The van der Waals surface area contributed by atoms with E-state index in [-0.39, 0.29) is 10.8 Å². The van der Waals surface area contributed by atoms with Crippen LogP contribution in [0.2, 0.25) is 0 Å². The SMILES string of the molecule is CC1(C)CCC(C)(C)c2c(O)cc(-c3ccccc3)cc21. The van der Waals surface area contributed by atoms with Crippen LogP contribution in [-0.4, -0.2) is 5.11 Å². The Morgan fingerprint density at radius 2 is 1.43 bits per heavy atom. The van der Waals surface area contributed by atoms with Gasteiger partial charge in [0.15, 0.2) is 0 Å². The number of rotatable bonds is 1. The van der Waals surface area contributed by atoms with Gasteiger partial charge < -0.3 is 5.11 Å². The summed E-state index contributed by atoms with van der Waals surface area (Å²) in [5.41, 5.74) is 4.88. The maximum absolute atomic E-state index is 10.7. The van der Waals surface area contributed by atoms with Crippen LogP contribution in [-0.2, 0) is 10.8 Å². The van der Waals surface area contributed by atoms with Gasteiger partial charge in [-0.1, -0.05) is 64.1 Å². The molecule has 0 saturated carbocycles. The molecule has 1 aliphatic carbocycles. The highest BCUT2D eigenvalue weighted by molar-refractivity contribution is 5.69. The van der Waals surface area contributed by atoms with E-state index in [1.54, 1.807) is 0 Å². The van der Waals surface area contributed by atoms with Crippen LogP contribution in [0.5, 0.6) is 5.75 Å². The Morgan fingerprint density at radius 1 is 0.810 bits per heavy atom. The Balaban J connectivity index is 2.25. The minimum Gasteiger partial charge on any atom is -0.508 e. The lowest BCUT2D eigenvalue weighted by Gasteiger charge is -2.42. The van der Waals surface area contributed by atoms with Gasteiger partial charge >= 0.3 is 0 Å². The van der Waals surface area contributed by atoms with Crippen molar-refractivity contribution in [3.05, 3.63) is 53.6 Å². The van der Waals surface area contributed by atoms with Crippen molar-refractivity contribution in [2.45, 2.75) is 51.4 Å². The van der Waals surface area contributed by atoms with Crippen molar-refractivity contribution in [3.63, 3.8) is 0 Å². The highest BCUT2D eigenvalue weighted by Gasteiger charge is 2.39. The van der Waals surface area contributed by atoms with Gasteiger partial charge in [0.1, 0.15) is 5.75 Å². The van der Waals surface area contributed by atoms with Gasteiger partial charge in [0, 0.05) is 5.56 Å². The normalized spacial score (nSPS) is 19.0. The number of hydrogen-bond donors (Lipinski definition) is 1. The molecule has 0 heterocycles. The van der Waals surface area contributed by atoms with Crippen LogP contribution in [0.25, 0.3) is 11.1 Å². The molecular weight excluding hydrogens is 256 g/mol. The Kier molecular flexibility index (Phi) is 3.12. The van der Waals surface area contributed by atoms with E-state index in [2.05, 4.69) is 45.9 Å². The van der Waals surface area contributed by atoms with Crippen molar-refractivity contribution in [3.8, 4) is 16.9 Å². The van der Waals surface area contributed by atoms with Gasteiger partial charge in [0.25, 0.3) is 0 Å². The molecule has 21 heavy (non-hydrogen) atoms. The smallest absolute Gasteiger partial charge is 0.120 e. The van der Waals surface area contributed by atoms with Crippen molar-refractivity contribution in [1.82, 2.24) is 0 Å². The van der Waals surface area contributed by atoms with E-state index in [0.29, 0.717) is 5.75 Å². The highest BCUT2D eigenvalue weighted by atomic mass is 16.3. The maximum Gasteiger partial charge on any atom is 0.120 e. The third-order valence-corrected chi connectivity index (χ3v) is 5.01. The van der Waals surface area contributed by atoms with Gasteiger partial charge in [-0.05, 0) is 46.4 Å². The van der Waals surface area contributed by atoms with Crippen molar-refractivity contribution in [2.24, 2.45) is 0 Å². The first-order valence-electron chi connectivity index (χ1n) is 7.75. The number of phenolic OH excluding ortho intramolecular Hbond substituents is 1.